The second-order valence-corrected chi connectivity index (χ2v) is 3.73. The Hall–Kier alpha value is -2.36. The van der Waals surface area contributed by atoms with E-state index in [0.717, 1.165) is 6.07 Å². The largest absolute Gasteiger partial charge is 0.508 e. The van der Waals surface area contributed by atoms with Crippen molar-refractivity contribution in [3.63, 3.8) is 0 Å². The van der Waals surface area contributed by atoms with Crippen LogP contribution < -0.4 is 4.74 Å². The fourth-order valence-electron chi connectivity index (χ4n) is 1.59. The lowest BCUT2D eigenvalue weighted by molar-refractivity contribution is 0.103. The van der Waals surface area contributed by atoms with Crippen LogP contribution in [-0.4, -0.2) is 18.0 Å². The van der Waals surface area contributed by atoms with E-state index in [9.17, 15) is 9.18 Å². The van der Waals surface area contributed by atoms with Gasteiger partial charge < -0.3 is 9.84 Å². The van der Waals surface area contributed by atoms with Crippen LogP contribution in [0.5, 0.6) is 11.5 Å². The van der Waals surface area contributed by atoms with Gasteiger partial charge in [0, 0.05) is 11.1 Å². The molecule has 18 heavy (non-hydrogen) atoms. The minimum Gasteiger partial charge on any atom is -0.508 e. The minimum absolute atomic E-state index is 0.0764. The molecule has 0 saturated carbocycles. The van der Waals surface area contributed by atoms with E-state index in [2.05, 4.69) is 0 Å². The third-order valence-electron chi connectivity index (χ3n) is 2.54. The van der Waals surface area contributed by atoms with Gasteiger partial charge in [0.2, 0.25) is 0 Å². The molecule has 0 aliphatic heterocycles. The van der Waals surface area contributed by atoms with E-state index in [1.54, 1.807) is 0 Å². The first-order chi connectivity index (χ1) is 8.61. The van der Waals surface area contributed by atoms with Gasteiger partial charge in [0.1, 0.15) is 5.75 Å². The molecule has 0 bridgehead atoms. The van der Waals surface area contributed by atoms with Gasteiger partial charge >= 0.3 is 0 Å². The topological polar surface area (TPSA) is 46.5 Å². The molecule has 0 atom stereocenters. The van der Waals surface area contributed by atoms with Gasteiger partial charge in [-0.15, -0.1) is 0 Å². The number of aromatic hydroxyl groups is 1. The summed E-state index contributed by atoms with van der Waals surface area (Å²) < 4.78 is 18.3. The highest BCUT2D eigenvalue weighted by molar-refractivity contribution is 6.09. The number of hydrogen-bond acceptors (Lipinski definition) is 3. The van der Waals surface area contributed by atoms with Gasteiger partial charge in [0.15, 0.2) is 17.3 Å². The Balaban J connectivity index is 2.34. The molecule has 0 radical (unpaired) electrons. The number of phenols is 1. The lowest BCUT2D eigenvalue weighted by Gasteiger charge is -2.05. The summed E-state index contributed by atoms with van der Waals surface area (Å²) in [5, 5.41) is 9.13. The number of phenolic OH excluding ortho intramolecular Hbond substituents is 1. The van der Waals surface area contributed by atoms with Crippen molar-refractivity contribution in [2.75, 3.05) is 7.11 Å². The van der Waals surface area contributed by atoms with E-state index in [1.165, 1.54) is 43.5 Å². The molecule has 0 aliphatic carbocycles. The maximum Gasteiger partial charge on any atom is 0.193 e. The Bertz CT molecular complexity index is 576. The third kappa shape index (κ3) is 2.32. The number of benzene rings is 2. The molecule has 92 valence electrons. The molecular formula is C14H11FO3. The number of carbonyl (C=O) groups is 1. The first-order valence-corrected chi connectivity index (χ1v) is 5.29. The quantitative estimate of drug-likeness (QED) is 0.847. The lowest BCUT2D eigenvalue weighted by Crippen LogP contribution is -2.02. The molecule has 4 heteroatoms. The van der Waals surface area contributed by atoms with E-state index < -0.39 is 5.82 Å². The molecule has 0 aliphatic rings. The van der Waals surface area contributed by atoms with Crippen molar-refractivity contribution >= 4 is 5.78 Å². The highest BCUT2D eigenvalue weighted by Gasteiger charge is 2.12. The number of rotatable bonds is 3. The Labute approximate surface area is 103 Å². The van der Waals surface area contributed by atoms with Crippen molar-refractivity contribution in [3.8, 4) is 11.5 Å². The van der Waals surface area contributed by atoms with Gasteiger partial charge in [-0.3, -0.25) is 4.79 Å². The summed E-state index contributed by atoms with van der Waals surface area (Å²) >= 11 is 0. The number of hydrogen-bond donors (Lipinski definition) is 1. The maximum absolute atomic E-state index is 13.5. The summed E-state index contributed by atoms with van der Waals surface area (Å²) in [4.78, 5) is 12.0. The highest BCUT2D eigenvalue weighted by atomic mass is 19.1. The number of halogens is 1. The average Bonchev–Trinajstić information content (AvgIpc) is 2.38. The number of methoxy groups -OCH3 is 1. The summed E-state index contributed by atoms with van der Waals surface area (Å²) in [5.74, 6) is -0.719. The van der Waals surface area contributed by atoms with Crippen molar-refractivity contribution in [1.29, 1.82) is 0 Å². The SMILES string of the molecule is COc1ccc(C(=O)c2ccc(O)cc2)cc1F. The molecular weight excluding hydrogens is 235 g/mol. The smallest absolute Gasteiger partial charge is 0.193 e. The Morgan fingerprint density at radius 3 is 2.28 bits per heavy atom. The number of carbonyl (C=O) groups excluding carboxylic acids is 1. The molecule has 1 N–H and O–H groups in total. The van der Waals surface area contributed by atoms with Gasteiger partial charge in [-0.25, -0.2) is 4.39 Å². The van der Waals surface area contributed by atoms with Gasteiger partial charge in [-0.05, 0) is 42.5 Å². The monoisotopic (exact) mass is 246 g/mol. The van der Waals surface area contributed by atoms with Crippen LogP contribution in [-0.2, 0) is 0 Å². The lowest BCUT2D eigenvalue weighted by atomic mass is 10.0. The van der Waals surface area contributed by atoms with E-state index >= 15 is 0 Å². The van der Waals surface area contributed by atoms with Gasteiger partial charge in [0.05, 0.1) is 7.11 Å². The van der Waals surface area contributed by atoms with Crippen LogP contribution in [0.1, 0.15) is 15.9 Å². The summed E-state index contributed by atoms with van der Waals surface area (Å²) in [5.41, 5.74) is 0.622. The molecule has 0 fully saturated rings. The fourth-order valence-corrected chi connectivity index (χ4v) is 1.59. The molecule has 2 aromatic carbocycles. The summed E-state index contributed by atoms with van der Waals surface area (Å²) in [7, 11) is 1.36. The molecule has 3 nitrogen and oxygen atoms in total. The van der Waals surface area contributed by atoms with Crippen LogP contribution in [0.2, 0.25) is 0 Å². The van der Waals surface area contributed by atoms with Crippen LogP contribution in [0.3, 0.4) is 0 Å². The summed E-state index contributed by atoms with van der Waals surface area (Å²) in [6.07, 6.45) is 0. The molecule has 0 saturated heterocycles. The van der Waals surface area contributed by atoms with Crippen molar-refractivity contribution in [2.24, 2.45) is 0 Å². The van der Waals surface area contributed by atoms with Crippen molar-refractivity contribution in [3.05, 3.63) is 59.4 Å². The van der Waals surface area contributed by atoms with E-state index in [4.69, 9.17) is 9.84 Å². The third-order valence-corrected chi connectivity index (χ3v) is 2.54. The van der Waals surface area contributed by atoms with Crippen molar-refractivity contribution in [1.82, 2.24) is 0 Å². The van der Waals surface area contributed by atoms with Gasteiger partial charge in [-0.1, -0.05) is 0 Å². The maximum atomic E-state index is 13.5. The molecule has 0 unspecified atom stereocenters. The number of ketones is 1. The molecule has 2 rings (SSSR count). The van der Waals surface area contributed by atoms with Crippen LogP contribution in [0.4, 0.5) is 4.39 Å². The van der Waals surface area contributed by atoms with Crippen LogP contribution >= 0.6 is 0 Å². The highest BCUT2D eigenvalue weighted by Crippen LogP contribution is 2.20. The second-order valence-electron chi connectivity index (χ2n) is 3.73. The zero-order chi connectivity index (χ0) is 13.1. The Kier molecular flexibility index (Phi) is 3.28. The molecule has 0 spiro atoms. The predicted octanol–water partition coefficient (Wildman–Crippen LogP) is 2.77. The fraction of sp³-hybridized carbons (Fsp3) is 0.0714. The van der Waals surface area contributed by atoms with Crippen molar-refractivity contribution in [2.45, 2.75) is 0 Å². The molecule has 0 amide bonds. The van der Waals surface area contributed by atoms with E-state index in [0.29, 0.717) is 5.56 Å². The van der Waals surface area contributed by atoms with Gasteiger partial charge in [-0.2, -0.15) is 0 Å². The summed E-state index contributed by atoms with van der Waals surface area (Å²) in [6, 6.07) is 9.83. The Morgan fingerprint density at radius 1 is 1.11 bits per heavy atom. The standard InChI is InChI=1S/C14H11FO3/c1-18-13-7-4-10(8-12(13)15)14(17)9-2-5-11(16)6-3-9/h2-8,16H,1H3. The summed E-state index contributed by atoms with van der Waals surface area (Å²) in [6.45, 7) is 0. The average molecular weight is 246 g/mol. The van der Waals surface area contributed by atoms with Crippen molar-refractivity contribution < 1.29 is 19.0 Å². The van der Waals surface area contributed by atoms with Crippen LogP contribution in [0.15, 0.2) is 42.5 Å². The molecule has 0 aromatic heterocycles. The first kappa shape index (κ1) is 12.1. The first-order valence-electron chi connectivity index (χ1n) is 5.29. The zero-order valence-electron chi connectivity index (χ0n) is 9.68. The van der Waals surface area contributed by atoms with E-state index in [-0.39, 0.29) is 22.8 Å². The molecule has 2 aromatic rings. The second kappa shape index (κ2) is 4.87. The predicted molar refractivity (Wildman–Crippen MR) is 64.5 cm³/mol. The van der Waals surface area contributed by atoms with Gasteiger partial charge in [0.25, 0.3) is 0 Å². The Morgan fingerprint density at radius 2 is 1.72 bits per heavy atom. The van der Waals surface area contributed by atoms with E-state index in [1.807, 2.05) is 0 Å². The minimum atomic E-state index is -0.581. The number of ether oxygens (including phenoxy) is 1. The molecule has 0 heterocycles. The van der Waals surface area contributed by atoms with Crippen LogP contribution in [0.25, 0.3) is 0 Å². The zero-order valence-corrected chi connectivity index (χ0v) is 9.68. The van der Waals surface area contributed by atoms with Crippen LogP contribution in [0, 0.1) is 5.82 Å². The normalized spacial score (nSPS) is 10.1.